The Balaban J connectivity index is 2.38. The molecule has 8 heteroatoms. The second-order valence-electron chi connectivity index (χ2n) is 2.02. The summed E-state index contributed by atoms with van der Waals surface area (Å²) < 4.78 is 0. The fourth-order valence-corrected chi connectivity index (χ4v) is 0.677. The molecule has 0 aliphatic carbocycles. The van der Waals surface area contributed by atoms with Gasteiger partial charge in [0.2, 0.25) is 0 Å². The number of nitrogens with one attached hydrogen (secondary N) is 2. The number of nitrogens with two attached hydrogens (primary N) is 1. The number of nitrogens with zero attached hydrogens (tertiary/aromatic N) is 4. The molecule has 4 N–H and O–H groups in total. The van der Waals surface area contributed by atoms with Crippen molar-refractivity contribution in [1.29, 1.82) is 0 Å². The normalized spacial score (nSPS) is 9.50. The summed E-state index contributed by atoms with van der Waals surface area (Å²) in [6, 6.07) is 0. The summed E-state index contributed by atoms with van der Waals surface area (Å²) in [7, 11) is 1.69. The minimum Gasteiger partial charge on any atom is -0.354 e. The summed E-state index contributed by atoms with van der Waals surface area (Å²) >= 11 is 4.73. The van der Waals surface area contributed by atoms with E-state index in [-0.39, 0.29) is 0 Å². The van der Waals surface area contributed by atoms with Gasteiger partial charge in [-0.05, 0) is 17.4 Å². The number of hydrogen-bond acceptors (Lipinski definition) is 5. The number of hydrogen-bond donors (Lipinski definition) is 3. The second-order valence-corrected chi connectivity index (χ2v) is 2.43. The Labute approximate surface area is 74.3 Å². The van der Waals surface area contributed by atoms with Gasteiger partial charge in [-0.15, -0.1) is 10.2 Å². The first-order valence-electron chi connectivity index (χ1n) is 3.19. The van der Waals surface area contributed by atoms with Crippen LogP contribution in [0.2, 0.25) is 0 Å². The van der Waals surface area contributed by atoms with Gasteiger partial charge in [0.15, 0.2) is 10.9 Å². The first-order valence-corrected chi connectivity index (χ1v) is 3.60. The lowest BCUT2D eigenvalue weighted by atomic mass is 10.6. The summed E-state index contributed by atoms with van der Waals surface area (Å²) in [5.74, 6) is 5.59. The molecular weight excluding hydrogens is 178 g/mol. The van der Waals surface area contributed by atoms with Crippen molar-refractivity contribution >= 4 is 17.3 Å². The SMILES string of the molecule is Cn1nnc(CNC(=S)NN)n1. The summed E-state index contributed by atoms with van der Waals surface area (Å²) in [5.41, 5.74) is 2.28. The molecule has 0 aliphatic rings. The lowest BCUT2D eigenvalue weighted by molar-refractivity contribution is 0.626. The fourth-order valence-electron chi connectivity index (χ4n) is 0.604. The Bertz CT molecular complexity index is 268. The number of hydrazine groups is 1. The topological polar surface area (TPSA) is 93.7 Å². The van der Waals surface area contributed by atoms with E-state index in [0.29, 0.717) is 17.5 Å². The number of rotatable bonds is 2. The van der Waals surface area contributed by atoms with Crippen molar-refractivity contribution in [3.05, 3.63) is 5.82 Å². The maximum absolute atomic E-state index is 5.03. The molecule has 0 atom stereocenters. The van der Waals surface area contributed by atoms with E-state index in [9.17, 15) is 0 Å². The van der Waals surface area contributed by atoms with Gasteiger partial charge in [-0.25, -0.2) is 5.84 Å². The highest BCUT2D eigenvalue weighted by atomic mass is 32.1. The van der Waals surface area contributed by atoms with E-state index in [2.05, 4.69) is 26.2 Å². The predicted octanol–water partition coefficient (Wildman–Crippen LogP) is -1.95. The highest BCUT2D eigenvalue weighted by Gasteiger charge is 1.99. The van der Waals surface area contributed by atoms with Crippen LogP contribution in [0, 0.1) is 0 Å². The third-order valence-corrected chi connectivity index (χ3v) is 1.35. The monoisotopic (exact) mass is 187 g/mol. The van der Waals surface area contributed by atoms with Crippen molar-refractivity contribution < 1.29 is 0 Å². The van der Waals surface area contributed by atoms with Gasteiger partial charge in [0.25, 0.3) is 0 Å². The summed E-state index contributed by atoms with van der Waals surface area (Å²) in [5, 5.41) is 14.4. The molecule has 66 valence electrons. The highest BCUT2D eigenvalue weighted by Crippen LogP contribution is 1.82. The lowest BCUT2D eigenvalue weighted by Crippen LogP contribution is -2.39. The van der Waals surface area contributed by atoms with Crippen molar-refractivity contribution in [3.63, 3.8) is 0 Å². The summed E-state index contributed by atoms with van der Waals surface area (Å²) in [6.45, 7) is 0.414. The van der Waals surface area contributed by atoms with Gasteiger partial charge in [0, 0.05) is 0 Å². The van der Waals surface area contributed by atoms with Crippen molar-refractivity contribution in [3.8, 4) is 0 Å². The minimum atomic E-state index is 0.349. The molecular formula is C4H9N7S. The lowest BCUT2D eigenvalue weighted by Gasteiger charge is -2.01. The molecule has 1 rings (SSSR count). The predicted molar refractivity (Wildman–Crippen MR) is 45.6 cm³/mol. The molecule has 0 radical (unpaired) electrons. The van der Waals surface area contributed by atoms with Crippen LogP contribution in [-0.2, 0) is 13.6 Å². The standard InChI is InChI=1S/C4H9N7S/c1-11-9-3(8-10-11)2-6-4(12)7-5/h2,5H2,1H3,(H2,6,7,12). The average Bonchev–Trinajstić information content (AvgIpc) is 2.47. The van der Waals surface area contributed by atoms with Crippen LogP contribution >= 0.6 is 12.2 Å². The van der Waals surface area contributed by atoms with Gasteiger partial charge in [-0.1, -0.05) is 0 Å². The van der Waals surface area contributed by atoms with E-state index in [1.165, 1.54) is 4.80 Å². The van der Waals surface area contributed by atoms with Crippen LogP contribution in [0.5, 0.6) is 0 Å². The van der Waals surface area contributed by atoms with Crippen LogP contribution in [0.4, 0.5) is 0 Å². The number of thiocarbonyl (C=S) groups is 1. The minimum absolute atomic E-state index is 0.349. The maximum atomic E-state index is 5.03. The molecule has 12 heavy (non-hydrogen) atoms. The number of aryl methyl sites for hydroxylation is 1. The smallest absolute Gasteiger partial charge is 0.193 e. The van der Waals surface area contributed by atoms with E-state index in [1.807, 2.05) is 0 Å². The molecule has 0 aromatic carbocycles. The van der Waals surface area contributed by atoms with Crippen molar-refractivity contribution in [2.75, 3.05) is 0 Å². The Morgan fingerprint density at radius 3 is 3.00 bits per heavy atom. The van der Waals surface area contributed by atoms with E-state index >= 15 is 0 Å². The fraction of sp³-hybridized carbons (Fsp3) is 0.500. The Morgan fingerprint density at radius 1 is 1.75 bits per heavy atom. The van der Waals surface area contributed by atoms with Gasteiger partial charge in [0.1, 0.15) is 0 Å². The van der Waals surface area contributed by atoms with E-state index in [4.69, 9.17) is 18.1 Å². The molecule has 0 amide bonds. The maximum Gasteiger partial charge on any atom is 0.193 e. The molecule has 0 spiro atoms. The van der Waals surface area contributed by atoms with Crippen molar-refractivity contribution in [2.45, 2.75) is 6.54 Å². The number of tetrazole rings is 1. The van der Waals surface area contributed by atoms with E-state index < -0.39 is 0 Å². The van der Waals surface area contributed by atoms with Gasteiger partial charge in [-0.2, -0.15) is 4.80 Å². The Kier molecular flexibility index (Phi) is 2.88. The van der Waals surface area contributed by atoms with Crippen LogP contribution < -0.4 is 16.6 Å². The molecule has 0 unspecified atom stereocenters. The average molecular weight is 187 g/mol. The van der Waals surface area contributed by atoms with Crippen LogP contribution in [0.15, 0.2) is 0 Å². The largest absolute Gasteiger partial charge is 0.354 e. The van der Waals surface area contributed by atoms with Crippen molar-refractivity contribution in [2.24, 2.45) is 12.9 Å². The third kappa shape index (κ3) is 2.40. The van der Waals surface area contributed by atoms with E-state index in [1.54, 1.807) is 7.05 Å². The van der Waals surface area contributed by atoms with Gasteiger partial charge < -0.3 is 10.7 Å². The third-order valence-electron chi connectivity index (χ3n) is 1.09. The quantitative estimate of drug-likeness (QED) is 0.281. The molecule has 1 aromatic rings. The van der Waals surface area contributed by atoms with Gasteiger partial charge in [0.05, 0.1) is 13.6 Å². The van der Waals surface area contributed by atoms with Crippen molar-refractivity contribution in [1.82, 2.24) is 30.9 Å². The molecule has 1 heterocycles. The first kappa shape index (κ1) is 8.81. The molecule has 0 bridgehead atoms. The van der Waals surface area contributed by atoms with Gasteiger partial charge in [-0.3, -0.25) is 0 Å². The van der Waals surface area contributed by atoms with Crippen LogP contribution in [0.25, 0.3) is 0 Å². The second kappa shape index (κ2) is 3.93. The zero-order valence-electron chi connectivity index (χ0n) is 6.48. The Morgan fingerprint density at radius 2 is 2.50 bits per heavy atom. The molecule has 0 saturated heterocycles. The molecule has 7 nitrogen and oxygen atoms in total. The zero-order chi connectivity index (χ0) is 8.97. The molecule has 0 aliphatic heterocycles. The van der Waals surface area contributed by atoms with Crippen LogP contribution in [-0.4, -0.2) is 25.3 Å². The summed E-state index contributed by atoms with van der Waals surface area (Å²) in [4.78, 5) is 1.37. The zero-order valence-corrected chi connectivity index (χ0v) is 7.30. The molecule has 0 fully saturated rings. The number of aromatic nitrogens is 4. The Hall–Kier alpha value is -1.28. The molecule has 0 saturated carbocycles. The van der Waals surface area contributed by atoms with E-state index in [0.717, 1.165) is 0 Å². The van der Waals surface area contributed by atoms with Crippen LogP contribution in [0.3, 0.4) is 0 Å². The van der Waals surface area contributed by atoms with Gasteiger partial charge >= 0.3 is 0 Å². The van der Waals surface area contributed by atoms with Crippen LogP contribution in [0.1, 0.15) is 5.82 Å². The highest BCUT2D eigenvalue weighted by molar-refractivity contribution is 7.80. The summed E-state index contributed by atoms with van der Waals surface area (Å²) in [6.07, 6.45) is 0. The molecule has 1 aromatic heterocycles. The first-order chi connectivity index (χ1) is 5.72.